The number of benzene rings is 1. The van der Waals surface area contributed by atoms with Gasteiger partial charge in [-0.25, -0.2) is 0 Å². The molecule has 1 aliphatic rings. The maximum absolute atomic E-state index is 11.9. The standard InChI is InChI=1S/C17H21N3O2/c1-22-16-8-11-20(12-16)15-6-4-14(5-7-15)18-17(21)13-19-9-2-3-10-19/h2-7,9-10,16H,8,11-13H2,1H3,(H,18,21). The molecule has 1 aromatic carbocycles. The van der Waals surface area contributed by atoms with E-state index in [9.17, 15) is 4.79 Å². The van der Waals surface area contributed by atoms with Gasteiger partial charge in [-0.3, -0.25) is 4.79 Å². The van der Waals surface area contributed by atoms with Crippen LogP contribution in [0.25, 0.3) is 0 Å². The number of nitrogens with one attached hydrogen (secondary N) is 1. The zero-order valence-corrected chi connectivity index (χ0v) is 12.7. The van der Waals surface area contributed by atoms with Gasteiger partial charge in [0.15, 0.2) is 0 Å². The Kier molecular flexibility index (Phi) is 4.44. The van der Waals surface area contributed by atoms with E-state index in [1.807, 2.05) is 53.4 Å². The number of rotatable bonds is 5. The Morgan fingerprint density at radius 3 is 2.64 bits per heavy atom. The topological polar surface area (TPSA) is 46.5 Å². The lowest BCUT2D eigenvalue weighted by Crippen LogP contribution is -2.22. The second-order valence-electron chi connectivity index (χ2n) is 5.54. The van der Waals surface area contributed by atoms with E-state index in [2.05, 4.69) is 10.2 Å². The van der Waals surface area contributed by atoms with Gasteiger partial charge in [0.05, 0.1) is 6.10 Å². The Morgan fingerprint density at radius 2 is 2.00 bits per heavy atom. The van der Waals surface area contributed by atoms with Crippen molar-refractivity contribution in [3.8, 4) is 0 Å². The first kappa shape index (κ1) is 14.7. The van der Waals surface area contributed by atoms with E-state index < -0.39 is 0 Å². The van der Waals surface area contributed by atoms with E-state index >= 15 is 0 Å². The molecule has 116 valence electrons. The molecule has 0 spiro atoms. The van der Waals surface area contributed by atoms with E-state index in [0.29, 0.717) is 12.6 Å². The van der Waals surface area contributed by atoms with Crippen LogP contribution in [-0.4, -0.2) is 36.8 Å². The van der Waals surface area contributed by atoms with Crippen LogP contribution < -0.4 is 10.2 Å². The zero-order chi connectivity index (χ0) is 15.4. The van der Waals surface area contributed by atoms with E-state index in [4.69, 9.17) is 4.74 Å². The minimum Gasteiger partial charge on any atom is -0.380 e. The summed E-state index contributed by atoms with van der Waals surface area (Å²) in [5.74, 6) is -0.0235. The fourth-order valence-corrected chi connectivity index (χ4v) is 2.75. The molecule has 1 aromatic heterocycles. The molecule has 1 fully saturated rings. The molecule has 22 heavy (non-hydrogen) atoms. The Bertz CT molecular complexity index is 607. The molecule has 1 saturated heterocycles. The SMILES string of the molecule is COC1CCN(c2ccc(NC(=O)Cn3cccc3)cc2)C1. The smallest absolute Gasteiger partial charge is 0.244 e. The molecule has 1 unspecified atom stereocenters. The summed E-state index contributed by atoms with van der Waals surface area (Å²) in [6.45, 7) is 2.27. The highest BCUT2D eigenvalue weighted by Gasteiger charge is 2.21. The Balaban J connectivity index is 1.56. The van der Waals surface area contributed by atoms with Crippen LogP contribution in [0.15, 0.2) is 48.8 Å². The lowest BCUT2D eigenvalue weighted by molar-refractivity contribution is -0.116. The average molecular weight is 299 g/mol. The Labute approximate surface area is 130 Å². The predicted molar refractivity (Wildman–Crippen MR) is 87.1 cm³/mol. The maximum Gasteiger partial charge on any atom is 0.244 e. The van der Waals surface area contributed by atoms with E-state index in [1.54, 1.807) is 7.11 Å². The van der Waals surface area contributed by atoms with Gasteiger partial charge in [0.25, 0.3) is 0 Å². The fourth-order valence-electron chi connectivity index (χ4n) is 2.75. The van der Waals surface area contributed by atoms with Crippen molar-refractivity contribution in [2.45, 2.75) is 19.1 Å². The van der Waals surface area contributed by atoms with E-state index in [1.165, 1.54) is 5.69 Å². The van der Waals surface area contributed by atoms with Gasteiger partial charge in [-0.2, -0.15) is 0 Å². The van der Waals surface area contributed by atoms with Gasteiger partial charge >= 0.3 is 0 Å². The van der Waals surface area contributed by atoms with Crippen molar-refractivity contribution in [2.75, 3.05) is 30.4 Å². The average Bonchev–Trinajstić information content (AvgIpc) is 3.19. The van der Waals surface area contributed by atoms with Crippen LogP contribution in [0.5, 0.6) is 0 Å². The Hall–Kier alpha value is -2.27. The summed E-state index contributed by atoms with van der Waals surface area (Å²) in [5.41, 5.74) is 1.99. The first-order chi connectivity index (χ1) is 10.7. The van der Waals surface area contributed by atoms with Gasteiger partial charge in [-0.1, -0.05) is 0 Å². The lowest BCUT2D eigenvalue weighted by Gasteiger charge is -2.18. The molecule has 0 radical (unpaired) electrons. The molecule has 1 atom stereocenters. The number of hydrogen-bond acceptors (Lipinski definition) is 3. The van der Waals surface area contributed by atoms with Gasteiger partial charge in [0.2, 0.25) is 5.91 Å². The molecule has 0 bridgehead atoms. The summed E-state index contributed by atoms with van der Waals surface area (Å²) in [6.07, 6.45) is 5.14. The van der Waals surface area contributed by atoms with Crippen LogP contribution >= 0.6 is 0 Å². The second kappa shape index (κ2) is 6.66. The summed E-state index contributed by atoms with van der Waals surface area (Å²) in [6, 6.07) is 11.8. The van der Waals surface area contributed by atoms with E-state index in [0.717, 1.165) is 25.2 Å². The number of carbonyl (C=O) groups is 1. The van der Waals surface area contributed by atoms with Crippen LogP contribution in [0.3, 0.4) is 0 Å². The number of amides is 1. The van der Waals surface area contributed by atoms with Gasteiger partial charge in [0.1, 0.15) is 6.54 Å². The minimum absolute atomic E-state index is 0.0235. The molecule has 3 rings (SSSR count). The van der Waals surface area contributed by atoms with Crippen molar-refractivity contribution in [3.05, 3.63) is 48.8 Å². The number of nitrogens with zero attached hydrogens (tertiary/aromatic N) is 2. The third-order valence-corrected chi connectivity index (χ3v) is 3.99. The first-order valence-corrected chi connectivity index (χ1v) is 7.53. The molecule has 2 aromatic rings. The van der Waals surface area contributed by atoms with Crippen molar-refractivity contribution >= 4 is 17.3 Å². The van der Waals surface area contributed by atoms with E-state index in [-0.39, 0.29) is 5.91 Å². The highest BCUT2D eigenvalue weighted by atomic mass is 16.5. The molecule has 1 N–H and O–H groups in total. The lowest BCUT2D eigenvalue weighted by atomic mass is 10.2. The third kappa shape index (κ3) is 3.49. The number of aromatic nitrogens is 1. The number of methoxy groups -OCH3 is 1. The quantitative estimate of drug-likeness (QED) is 0.922. The van der Waals surface area contributed by atoms with Crippen molar-refractivity contribution in [2.24, 2.45) is 0 Å². The van der Waals surface area contributed by atoms with Gasteiger partial charge in [0, 0.05) is 44.0 Å². The largest absolute Gasteiger partial charge is 0.380 e. The normalized spacial score (nSPS) is 17.7. The maximum atomic E-state index is 11.9. The van der Waals surface area contributed by atoms with Crippen molar-refractivity contribution in [1.82, 2.24) is 4.57 Å². The molecule has 5 heteroatoms. The molecule has 1 aliphatic heterocycles. The first-order valence-electron chi connectivity index (χ1n) is 7.53. The minimum atomic E-state index is -0.0235. The van der Waals surface area contributed by atoms with Gasteiger partial charge in [-0.15, -0.1) is 0 Å². The summed E-state index contributed by atoms with van der Waals surface area (Å²) < 4.78 is 7.23. The zero-order valence-electron chi connectivity index (χ0n) is 12.7. The van der Waals surface area contributed by atoms with Crippen molar-refractivity contribution in [3.63, 3.8) is 0 Å². The van der Waals surface area contributed by atoms with Gasteiger partial charge in [-0.05, 0) is 42.8 Å². The van der Waals surface area contributed by atoms with Gasteiger partial charge < -0.3 is 19.5 Å². The summed E-state index contributed by atoms with van der Waals surface area (Å²) in [4.78, 5) is 14.2. The highest BCUT2D eigenvalue weighted by Crippen LogP contribution is 2.23. The number of hydrogen-bond donors (Lipinski definition) is 1. The summed E-state index contributed by atoms with van der Waals surface area (Å²) in [5, 5.41) is 2.91. The number of carbonyl (C=O) groups excluding carboxylic acids is 1. The Morgan fingerprint density at radius 1 is 1.27 bits per heavy atom. The molecular formula is C17H21N3O2. The predicted octanol–water partition coefficient (Wildman–Crippen LogP) is 2.35. The fraction of sp³-hybridized carbons (Fsp3) is 0.353. The monoisotopic (exact) mass is 299 g/mol. The highest BCUT2D eigenvalue weighted by molar-refractivity contribution is 5.90. The summed E-state index contributed by atoms with van der Waals surface area (Å²) in [7, 11) is 1.76. The van der Waals surface area contributed by atoms with Crippen LogP contribution in [0.1, 0.15) is 6.42 Å². The van der Waals surface area contributed by atoms with Crippen molar-refractivity contribution in [1.29, 1.82) is 0 Å². The summed E-state index contributed by atoms with van der Waals surface area (Å²) >= 11 is 0. The molecule has 0 aliphatic carbocycles. The number of anilines is 2. The van der Waals surface area contributed by atoms with Crippen LogP contribution in [0, 0.1) is 0 Å². The number of ether oxygens (including phenoxy) is 1. The molecule has 5 nitrogen and oxygen atoms in total. The second-order valence-corrected chi connectivity index (χ2v) is 5.54. The van der Waals surface area contributed by atoms with Crippen molar-refractivity contribution < 1.29 is 9.53 Å². The molecule has 2 heterocycles. The van der Waals surface area contributed by atoms with Crippen LogP contribution in [0.4, 0.5) is 11.4 Å². The molecule has 0 saturated carbocycles. The molecule has 1 amide bonds. The van der Waals surface area contributed by atoms with Crippen LogP contribution in [0.2, 0.25) is 0 Å². The van der Waals surface area contributed by atoms with Crippen LogP contribution in [-0.2, 0) is 16.1 Å². The third-order valence-electron chi connectivity index (χ3n) is 3.99. The molecular weight excluding hydrogens is 278 g/mol.